The van der Waals surface area contributed by atoms with Crippen molar-refractivity contribution < 1.29 is 0 Å². The van der Waals surface area contributed by atoms with Crippen LogP contribution in [0.4, 0.5) is 5.69 Å². The van der Waals surface area contributed by atoms with E-state index in [1.165, 1.54) is 5.56 Å². The Bertz CT molecular complexity index is 688. The lowest BCUT2D eigenvalue weighted by molar-refractivity contribution is 0.414. The molecule has 0 fully saturated rings. The molecule has 0 unspecified atom stereocenters. The summed E-state index contributed by atoms with van der Waals surface area (Å²) in [6.07, 6.45) is 2.92. The quantitative estimate of drug-likeness (QED) is 0.897. The van der Waals surface area contributed by atoms with E-state index in [2.05, 4.69) is 41.4 Å². The molecule has 2 N–H and O–H groups in total. The van der Waals surface area contributed by atoms with Crippen LogP contribution >= 0.6 is 0 Å². The molecule has 1 aromatic carbocycles. The van der Waals surface area contributed by atoms with Gasteiger partial charge in [-0.2, -0.15) is 0 Å². The Morgan fingerprint density at radius 2 is 2.15 bits per heavy atom. The molecular weight excluding hydrogens is 250 g/mol. The van der Waals surface area contributed by atoms with E-state index in [0.29, 0.717) is 0 Å². The highest BCUT2D eigenvalue weighted by Crippen LogP contribution is 2.28. The highest BCUT2D eigenvalue weighted by Gasteiger charge is 2.16. The van der Waals surface area contributed by atoms with Crippen molar-refractivity contribution in [3.8, 4) is 0 Å². The van der Waals surface area contributed by atoms with Crippen LogP contribution in [0.2, 0.25) is 0 Å². The predicted molar refractivity (Wildman–Crippen MR) is 83.6 cm³/mol. The van der Waals surface area contributed by atoms with Crippen LogP contribution in [0.5, 0.6) is 0 Å². The second-order valence-corrected chi connectivity index (χ2v) is 5.77. The molecule has 0 radical (unpaired) electrons. The van der Waals surface area contributed by atoms with Crippen molar-refractivity contribution in [2.45, 2.75) is 19.3 Å². The maximum absolute atomic E-state index is 12.1. The Kier molecular flexibility index (Phi) is 3.49. The first-order valence-corrected chi connectivity index (χ1v) is 7.21. The van der Waals surface area contributed by atoms with Crippen LogP contribution in [-0.2, 0) is 12.8 Å². The number of hydrogen-bond donors (Lipinski definition) is 2. The normalized spacial score (nSPS) is 14.3. The predicted octanol–water partition coefficient (Wildman–Crippen LogP) is 1.99. The van der Waals surface area contributed by atoms with Crippen molar-refractivity contribution in [2.75, 3.05) is 32.5 Å². The van der Waals surface area contributed by atoms with Crippen molar-refractivity contribution in [2.24, 2.45) is 0 Å². The first-order chi connectivity index (χ1) is 9.65. The number of likely N-dealkylation sites (N-methyl/N-ethyl adjacent to an activating group) is 1. The summed E-state index contributed by atoms with van der Waals surface area (Å²) in [5.41, 5.74) is 4.25. The third-order valence-corrected chi connectivity index (χ3v) is 3.93. The number of hydrogen-bond acceptors (Lipinski definition) is 3. The van der Waals surface area contributed by atoms with Crippen molar-refractivity contribution in [1.29, 1.82) is 0 Å². The molecule has 0 saturated carbocycles. The van der Waals surface area contributed by atoms with E-state index in [-0.39, 0.29) is 5.56 Å². The summed E-state index contributed by atoms with van der Waals surface area (Å²) >= 11 is 0. The van der Waals surface area contributed by atoms with Crippen LogP contribution in [0.1, 0.15) is 17.5 Å². The maximum atomic E-state index is 12.1. The van der Waals surface area contributed by atoms with Crippen LogP contribution < -0.4 is 10.9 Å². The molecule has 106 valence electrons. The largest absolute Gasteiger partial charge is 0.384 e. The fourth-order valence-corrected chi connectivity index (χ4v) is 2.81. The fraction of sp³-hybridized carbons (Fsp3) is 0.438. The zero-order valence-corrected chi connectivity index (χ0v) is 12.1. The lowest BCUT2D eigenvalue weighted by atomic mass is 9.99. The molecular formula is C16H21N3O. The number of pyridine rings is 1. The Morgan fingerprint density at radius 3 is 2.95 bits per heavy atom. The van der Waals surface area contributed by atoms with Gasteiger partial charge in [0, 0.05) is 24.0 Å². The molecule has 2 aromatic rings. The molecule has 4 nitrogen and oxygen atoms in total. The first-order valence-electron chi connectivity index (χ1n) is 7.21. The fourth-order valence-electron chi connectivity index (χ4n) is 2.81. The Hall–Kier alpha value is -1.81. The summed E-state index contributed by atoms with van der Waals surface area (Å²) in [6.45, 7) is 1.98. The molecule has 1 aliphatic rings. The van der Waals surface area contributed by atoms with Crippen LogP contribution in [0.15, 0.2) is 23.0 Å². The minimum atomic E-state index is 0.0562. The van der Waals surface area contributed by atoms with Crippen molar-refractivity contribution in [3.63, 3.8) is 0 Å². The maximum Gasteiger partial charge on any atom is 0.253 e. The van der Waals surface area contributed by atoms with E-state index in [1.807, 2.05) is 6.07 Å². The SMILES string of the molecule is CN(C)CCc1ccc2[nH]c(=O)c3c(c2c1)NCCC3. The number of fused-ring (bicyclic) bond motifs is 3. The summed E-state index contributed by atoms with van der Waals surface area (Å²) in [4.78, 5) is 17.3. The van der Waals surface area contributed by atoms with Crippen LogP contribution in [0, 0.1) is 0 Å². The molecule has 0 bridgehead atoms. The summed E-state index contributed by atoms with van der Waals surface area (Å²) in [5.74, 6) is 0. The Balaban J connectivity index is 2.08. The third-order valence-electron chi connectivity index (χ3n) is 3.93. The lowest BCUT2D eigenvalue weighted by Crippen LogP contribution is -2.22. The molecule has 0 saturated heterocycles. The van der Waals surface area contributed by atoms with Gasteiger partial charge in [0.05, 0.1) is 11.2 Å². The number of nitrogens with one attached hydrogen (secondary N) is 2. The number of rotatable bonds is 3. The van der Waals surface area contributed by atoms with Gasteiger partial charge in [-0.05, 0) is 51.1 Å². The molecule has 0 spiro atoms. The summed E-state index contributed by atoms with van der Waals surface area (Å²) < 4.78 is 0. The molecule has 1 aromatic heterocycles. The van der Waals surface area contributed by atoms with Crippen LogP contribution in [-0.4, -0.2) is 37.1 Å². The third kappa shape index (κ3) is 2.43. The summed E-state index contributed by atoms with van der Waals surface area (Å²) in [6, 6.07) is 6.35. The van der Waals surface area contributed by atoms with E-state index in [9.17, 15) is 4.79 Å². The van der Waals surface area contributed by atoms with Gasteiger partial charge in [-0.15, -0.1) is 0 Å². The summed E-state index contributed by atoms with van der Waals surface area (Å²) in [7, 11) is 4.17. The average molecular weight is 271 g/mol. The van der Waals surface area contributed by atoms with E-state index in [0.717, 1.165) is 54.5 Å². The van der Waals surface area contributed by atoms with Crippen molar-refractivity contribution in [3.05, 3.63) is 39.7 Å². The second kappa shape index (κ2) is 5.29. The topological polar surface area (TPSA) is 48.1 Å². The lowest BCUT2D eigenvalue weighted by Gasteiger charge is -2.19. The molecule has 1 aliphatic heterocycles. The van der Waals surface area contributed by atoms with Gasteiger partial charge in [-0.3, -0.25) is 4.79 Å². The minimum Gasteiger partial charge on any atom is -0.384 e. The van der Waals surface area contributed by atoms with E-state index < -0.39 is 0 Å². The zero-order chi connectivity index (χ0) is 14.1. The van der Waals surface area contributed by atoms with E-state index in [4.69, 9.17) is 0 Å². The summed E-state index contributed by atoms with van der Waals surface area (Å²) in [5, 5.41) is 4.56. The van der Waals surface area contributed by atoms with E-state index >= 15 is 0 Å². The van der Waals surface area contributed by atoms with Crippen LogP contribution in [0.25, 0.3) is 10.9 Å². The minimum absolute atomic E-state index is 0.0562. The van der Waals surface area contributed by atoms with Gasteiger partial charge in [-0.25, -0.2) is 0 Å². The highest BCUT2D eigenvalue weighted by atomic mass is 16.1. The monoisotopic (exact) mass is 271 g/mol. The Morgan fingerprint density at radius 1 is 1.30 bits per heavy atom. The van der Waals surface area contributed by atoms with Crippen molar-refractivity contribution in [1.82, 2.24) is 9.88 Å². The molecule has 0 amide bonds. The number of H-pyrrole nitrogens is 1. The van der Waals surface area contributed by atoms with Gasteiger partial charge in [0.15, 0.2) is 0 Å². The average Bonchev–Trinajstić information content (AvgIpc) is 2.46. The number of aromatic amines is 1. The first kappa shape index (κ1) is 13.2. The smallest absolute Gasteiger partial charge is 0.253 e. The van der Waals surface area contributed by atoms with Gasteiger partial charge in [0.2, 0.25) is 0 Å². The van der Waals surface area contributed by atoms with E-state index in [1.54, 1.807) is 0 Å². The standard InChI is InChI=1S/C16H21N3O/c1-19(2)9-7-11-5-6-14-13(10-11)15-12(16(20)18-14)4-3-8-17-15/h5-6,10,17H,3-4,7-9H2,1-2H3,(H,18,20). The molecule has 20 heavy (non-hydrogen) atoms. The van der Waals surface area contributed by atoms with Gasteiger partial charge in [-0.1, -0.05) is 6.07 Å². The molecule has 2 heterocycles. The highest BCUT2D eigenvalue weighted by molar-refractivity contribution is 5.93. The number of aromatic nitrogens is 1. The number of anilines is 1. The second-order valence-electron chi connectivity index (χ2n) is 5.77. The molecule has 3 rings (SSSR count). The van der Waals surface area contributed by atoms with Crippen LogP contribution in [0.3, 0.4) is 0 Å². The zero-order valence-electron chi connectivity index (χ0n) is 12.1. The molecule has 0 aliphatic carbocycles. The molecule has 0 atom stereocenters. The number of benzene rings is 1. The van der Waals surface area contributed by atoms with Gasteiger partial charge < -0.3 is 15.2 Å². The van der Waals surface area contributed by atoms with Gasteiger partial charge in [0.1, 0.15) is 0 Å². The Labute approximate surface area is 118 Å². The van der Waals surface area contributed by atoms with Crippen molar-refractivity contribution >= 4 is 16.6 Å². The van der Waals surface area contributed by atoms with Gasteiger partial charge in [0.25, 0.3) is 5.56 Å². The molecule has 4 heteroatoms. The number of nitrogens with zero attached hydrogens (tertiary/aromatic N) is 1. The van der Waals surface area contributed by atoms with Gasteiger partial charge >= 0.3 is 0 Å².